The third kappa shape index (κ3) is 5.08. The zero-order chi connectivity index (χ0) is 18.2. The number of nitrogens with one attached hydrogen (secondary N) is 2. The molecule has 26 heavy (non-hydrogen) atoms. The van der Waals surface area contributed by atoms with Gasteiger partial charge < -0.3 is 20.1 Å². The molecular formula is C19H24N4O3. The molecule has 1 aliphatic rings. The van der Waals surface area contributed by atoms with Gasteiger partial charge in [0.2, 0.25) is 0 Å². The van der Waals surface area contributed by atoms with Crippen LogP contribution in [0.4, 0.5) is 4.79 Å². The number of benzene rings is 1. The second-order valence-electron chi connectivity index (χ2n) is 6.27. The van der Waals surface area contributed by atoms with Crippen LogP contribution in [0.5, 0.6) is 11.8 Å². The molecule has 0 bridgehead atoms. The predicted octanol–water partition coefficient (Wildman–Crippen LogP) is 2.67. The van der Waals surface area contributed by atoms with E-state index in [-0.39, 0.29) is 18.2 Å². The van der Waals surface area contributed by atoms with Gasteiger partial charge in [-0.2, -0.15) is 0 Å². The SMILES string of the molecule is COc1nccnc1OC1CCC(NC(=O)NCc2ccccc2)CC1. The third-order valence-electron chi connectivity index (χ3n) is 4.41. The van der Waals surface area contributed by atoms with Gasteiger partial charge in [0.25, 0.3) is 11.8 Å². The van der Waals surface area contributed by atoms with Gasteiger partial charge in [-0.05, 0) is 31.2 Å². The number of carbonyl (C=O) groups excluding carboxylic acids is 1. The van der Waals surface area contributed by atoms with E-state index in [1.807, 2.05) is 30.3 Å². The standard InChI is InChI=1S/C19H24N4O3/c1-25-17-18(21-12-11-20-17)26-16-9-7-15(8-10-16)23-19(24)22-13-14-5-3-2-4-6-14/h2-6,11-12,15-16H,7-10,13H2,1H3,(H2,22,23,24). The maximum Gasteiger partial charge on any atom is 0.315 e. The number of methoxy groups -OCH3 is 1. The largest absolute Gasteiger partial charge is 0.477 e. The van der Waals surface area contributed by atoms with Crippen molar-refractivity contribution in [3.05, 3.63) is 48.3 Å². The van der Waals surface area contributed by atoms with Gasteiger partial charge in [0.1, 0.15) is 6.10 Å². The van der Waals surface area contributed by atoms with Crippen molar-refractivity contribution in [3.63, 3.8) is 0 Å². The summed E-state index contributed by atoms with van der Waals surface area (Å²) in [5, 5.41) is 5.93. The number of aromatic nitrogens is 2. The number of hydrogen-bond donors (Lipinski definition) is 2. The van der Waals surface area contributed by atoms with E-state index in [1.165, 1.54) is 0 Å². The summed E-state index contributed by atoms with van der Waals surface area (Å²) in [6.45, 7) is 0.525. The highest BCUT2D eigenvalue weighted by Gasteiger charge is 2.25. The summed E-state index contributed by atoms with van der Waals surface area (Å²) in [5.41, 5.74) is 1.08. The highest BCUT2D eigenvalue weighted by atomic mass is 16.5. The molecule has 1 fully saturated rings. The average Bonchev–Trinajstić information content (AvgIpc) is 2.69. The molecule has 0 spiro atoms. The van der Waals surface area contributed by atoms with E-state index >= 15 is 0 Å². The van der Waals surface area contributed by atoms with E-state index in [4.69, 9.17) is 9.47 Å². The van der Waals surface area contributed by atoms with Crippen LogP contribution < -0.4 is 20.1 Å². The van der Waals surface area contributed by atoms with Gasteiger partial charge in [0.05, 0.1) is 7.11 Å². The topological polar surface area (TPSA) is 85.4 Å². The second-order valence-corrected chi connectivity index (χ2v) is 6.27. The Balaban J connectivity index is 1.40. The Bertz CT molecular complexity index is 703. The zero-order valence-electron chi connectivity index (χ0n) is 14.9. The highest BCUT2D eigenvalue weighted by molar-refractivity contribution is 5.74. The molecule has 3 rings (SSSR count). The van der Waals surface area contributed by atoms with Gasteiger partial charge in [-0.15, -0.1) is 0 Å². The number of ether oxygens (including phenoxy) is 2. The molecule has 7 nitrogen and oxygen atoms in total. The van der Waals surface area contributed by atoms with Crippen LogP contribution in [0.15, 0.2) is 42.7 Å². The van der Waals surface area contributed by atoms with Crippen molar-refractivity contribution in [2.45, 2.75) is 44.4 Å². The van der Waals surface area contributed by atoms with E-state index in [1.54, 1.807) is 19.5 Å². The van der Waals surface area contributed by atoms with E-state index < -0.39 is 0 Å². The molecule has 1 aromatic carbocycles. The molecule has 1 saturated carbocycles. The molecule has 2 aromatic rings. The summed E-state index contributed by atoms with van der Waals surface area (Å²) in [6.07, 6.45) is 6.65. The molecule has 0 unspecified atom stereocenters. The Morgan fingerprint density at radius 1 is 1.08 bits per heavy atom. The molecule has 1 aliphatic carbocycles. The molecule has 7 heteroatoms. The van der Waals surface area contributed by atoms with Crippen LogP contribution in [0.25, 0.3) is 0 Å². The first-order valence-corrected chi connectivity index (χ1v) is 8.84. The monoisotopic (exact) mass is 356 g/mol. The third-order valence-corrected chi connectivity index (χ3v) is 4.41. The molecule has 1 aromatic heterocycles. The zero-order valence-corrected chi connectivity index (χ0v) is 14.9. The summed E-state index contributed by atoms with van der Waals surface area (Å²) in [7, 11) is 1.55. The van der Waals surface area contributed by atoms with Crippen molar-refractivity contribution in [3.8, 4) is 11.8 Å². The summed E-state index contributed by atoms with van der Waals surface area (Å²) in [5.74, 6) is 0.819. The van der Waals surface area contributed by atoms with E-state index in [0.717, 1.165) is 31.2 Å². The number of urea groups is 1. The van der Waals surface area contributed by atoms with Crippen molar-refractivity contribution < 1.29 is 14.3 Å². The normalized spacial score (nSPS) is 19.4. The molecule has 0 radical (unpaired) electrons. The quantitative estimate of drug-likeness (QED) is 0.831. The number of nitrogens with zero attached hydrogens (tertiary/aromatic N) is 2. The lowest BCUT2D eigenvalue weighted by Gasteiger charge is -2.29. The van der Waals surface area contributed by atoms with Crippen LogP contribution in [0.2, 0.25) is 0 Å². The van der Waals surface area contributed by atoms with Crippen molar-refractivity contribution in [1.29, 1.82) is 0 Å². The summed E-state index contributed by atoms with van der Waals surface area (Å²) in [4.78, 5) is 20.3. The van der Waals surface area contributed by atoms with Crippen molar-refractivity contribution >= 4 is 6.03 Å². The molecule has 2 N–H and O–H groups in total. The molecule has 138 valence electrons. The minimum absolute atomic E-state index is 0.0611. The number of hydrogen-bond acceptors (Lipinski definition) is 5. The number of rotatable bonds is 6. The first-order chi connectivity index (χ1) is 12.7. The van der Waals surface area contributed by atoms with E-state index in [2.05, 4.69) is 20.6 Å². The minimum atomic E-state index is -0.131. The van der Waals surface area contributed by atoms with Gasteiger partial charge in [-0.3, -0.25) is 0 Å². The summed E-state index contributed by atoms with van der Waals surface area (Å²) in [6, 6.07) is 9.89. The first kappa shape index (κ1) is 18.0. The van der Waals surface area contributed by atoms with E-state index in [9.17, 15) is 4.79 Å². The maximum absolute atomic E-state index is 12.1. The van der Waals surface area contributed by atoms with Crippen LogP contribution in [-0.2, 0) is 6.54 Å². The molecule has 1 heterocycles. The van der Waals surface area contributed by atoms with Crippen LogP contribution in [-0.4, -0.2) is 35.3 Å². The summed E-state index contributed by atoms with van der Waals surface area (Å²) < 4.78 is 11.1. The molecule has 0 saturated heterocycles. The Morgan fingerprint density at radius 3 is 2.46 bits per heavy atom. The van der Waals surface area contributed by atoms with Gasteiger partial charge in [0, 0.05) is 25.0 Å². The molecule has 2 amide bonds. The Hall–Kier alpha value is -2.83. The number of carbonyl (C=O) groups is 1. The minimum Gasteiger partial charge on any atom is -0.477 e. The van der Waals surface area contributed by atoms with Crippen molar-refractivity contribution in [2.24, 2.45) is 0 Å². The van der Waals surface area contributed by atoms with Crippen LogP contribution >= 0.6 is 0 Å². The van der Waals surface area contributed by atoms with Crippen LogP contribution in [0.3, 0.4) is 0 Å². The predicted molar refractivity (Wildman–Crippen MR) is 97.1 cm³/mol. The lowest BCUT2D eigenvalue weighted by molar-refractivity contribution is 0.129. The number of amides is 2. The van der Waals surface area contributed by atoms with Crippen LogP contribution in [0, 0.1) is 0 Å². The van der Waals surface area contributed by atoms with E-state index in [0.29, 0.717) is 18.3 Å². The Kier molecular flexibility index (Phi) is 6.24. The maximum atomic E-state index is 12.1. The van der Waals surface area contributed by atoms with Gasteiger partial charge in [-0.1, -0.05) is 30.3 Å². The van der Waals surface area contributed by atoms with Gasteiger partial charge in [-0.25, -0.2) is 14.8 Å². The highest BCUT2D eigenvalue weighted by Crippen LogP contribution is 2.27. The fraction of sp³-hybridized carbons (Fsp3) is 0.421. The molecule has 0 atom stereocenters. The Morgan fingerprint density at radius 2 is 1.77 bits per heavy atom. The fourth-order valence-corrected chi connectivity index (χ4v) is 3.03. The Labute approximate surface area is 153 Å². The van der Waals surface area contributed by atoms with Gasteiger partial charge >= 0.3 is 6.03 Å². The van der Waals surface area contributed by atoms with Crippen molar-refractivity contribution in [1.82, 2.24) is 20.6 Å². The summed E-state index contributed by atoms with van der Waals surface area (Å²) >= 11 is 0. The second kappa shape index (κ2) is 9.03. The smallest absolute Gasteiger partial charge is 0.315 e. The van der Waals surface area contributed by atoms with Gasteiger partial charge in [0.15, 0.2) is 0 Å². The first-order valence-electron chi connectivity index (χ1n) is 8.84. The fourth-order valence-electron chi connectivity index (χ4n) is 3.03. The molecular weight excluding hydrogens is 332 g/mol. The lowest BCUT2D eigenvalue weighted by Crippen LogP contribution is -2.44. The molecule has 0 aliphatic heterocycles. The van der Waals surface area contributed by atoms with Crippen LogP contribution in [0.1, 0.15) is 31.2 Å². The van der Waals surface area contributed by atoms with Crippen molar-refractivity contribution in [2.75, 3.05) is 7.11 Å². The lowest BCUT2D eigenvalue weighted by atomic mass is 9.93. The average molecular weight is 356 g/mol.